The maximum absolute atomic E-state index is 12.1. The summed E-state index contributed by atoms with van der Waals surface area (Å²) in [4.78, 5) is 12.1. The molecule has 2 aromatic rings. The van der Waals surface area contributed by atoms with Crippen molar-refractivity contribution in [3.63, 3.8) is 0 Å². The lowest BCUT2D eigenvalue weighted by molar-refractivity contribution is 0.0951. The van der Waals surface area contributed by atoms with E-state index in [0.29, 0.717) is 31.1 Å². The van der Waals surface area contributed by atoms with Gasteiger partial charge in [-0.05, 0) is 23.3 Å². The van der Waals surface area contributed by atoms with E-state index < -0.39 is 0 Å². The van der Waals surface area contributed by atoms with Gasteiger partial charge in [-0.1, -0.05) is 6.07 Å². The van der Waals surface area contributed by atoms with E-state index in [1.165, 1.54) is 0 Å². The van der Waals surface area contributed by atoms with Crippen molar-refractivity contribution < 1.29 is 9.53 Å². The second-order valence-electron chi connectivity index (χ2n) is 4.84. The smallest absolute Gasteiger partial charge is 0.251 e. The Hall–Kier alpha value is -2.34. The third-order valence-corrected chi connectivity index (χ3v) is 3.49. The van der Waals surface area contributed by atoms with Gasteiger partial charge >= 0.3 is 0 Å². The number of nitrogen functional groups attached to an aromatic ring is 1. The quantitative estimate of drug-likeness (QED) is 0.872. The molecule has 1 aliphatic rings. The number of ether oxygens (including phenoxy) is 1. The highest BCUT2D eigenvalue weighted by molar-refractivity contribution is 5.94. The molecule has 0 atom stereocenters. The minimum absolute atomic E-state index is 0.122. The minimum atomic E-state index is -0.122. The molecule has 0 unspecified atom stereocenters. The molecule has 0 fully saturated rings. The lowest BCUT2D eigenvalue weighted by atomic mass is 10.1. The van der Waals surface area contributed by atoms with Crippen LogP contribution in [0.3, 0.4) is 0 Å². The maximum atomic E-state index is 12.1. The van der Waals surface area contributed by atoms with E-state index in [1.807, 2.05) is 18.2 Å². The Kier molecular flexibility index (Phi) is 3.15. The molecule has 0 aliphatic carbocycles. The Labute approximate surface area is 116 Å². The first-order valence-electron chi connectivity index (χ1n) is 6.39. The summed E-state index contributed by atoms with van der Waals surface area (Å²) in [7, 11) is 1.77. The first-order chi connectivity index (χ1) is 9.65. The molecule has 0 spiro atoms. The predicted octanol–water partition coefficient (Wildman–Crippen LogP) is 0.962. The number of nitrogens with one attached hydrogen (secondary N) is 1. The normalized spacial score (nSPS) is 13.2. The average molecular weight is 272 g/mol. The number of nitrogens with zero attached hydrogens (tertiary/aromatic N) is 2. The zero-order chi connectivity index (χ0) is 14.1. The number of aromatic nitrogens is 2. The second kappa shape index (κ2) is 4.97. The fourth-order valence-electron chi connectivity index (χ4n) is 2.22. The monoisotopic (exact) mass is 272 g/mol. The number of hydrogen-bond donors (Lipinski definition) is 2. The zero-order valence-corrected chi connectivity index (χ0v) is 11.2. The Morgan fingerprint density at radius 3 is 3.00 bits per heavy atom. The number of anilines is 1. The molecular weight excluding hydrogens is 256 g/mol. The van der Waals surface area contributed by atoms with E-state index in [2.05, 4.69) is 10.4 Å². The fraction of sp³-hybridized carbons (Fsp3) is 0.286. The SMILES string of the molecule is Cn1ncc(CNC(=O)c2ccc3c(c2)COC3)c1N. The Balaban J connectivity index is 1.69. The summed E-state index contributed by atoms with van der Waals surface area (Å²) in [6.45, 7) is 1.57. The molecule has 104 valence electrons. The lowest BCUT2D eigenvalue weighted by Crippen LogP contribution is -2.23. The lowest BCUT2D eigenvalue weighted by Gasteiger charge is -2.06. The van der Waals surface area contributed by atoms with Crippen LogP contribution in [0.1, 0.15) is 27.0 Å². The molecule has 3 N–H and O–H groups in total. The van der Waals surface area contributed by atoms with Gasteiger partial charge in [0.25, 0.3) is 5.91 Å². The molecule has 0 saturated heterocycles. The van der Waals surface area contributed by atoms with Gasteiger partial charge in [0, 0.05) is 24.7 Å². The highest BCUT2D eigenvalue weighted by Gasteiger charge is 2.14. The molecule has 3 rings (SSSR count). The summed E-state index contributed by atoms with van der Waals surface area (Å²) in [5.41, 5.74) is 9.51. The second-order valence-corrected chi connectivity index (χ2v) is 4.84. The van der Waals surface area contributed by atoms with Crippen LogP contribution in [0.4, 0.5) is 5.82 Å². The van der Waals surface area contributed by atoms with Crippen LogP contribution in [-0.2, 0) is 31.5 Å². The van der Waals surface area contributed by atoms with Crippen molar-refractivity contribution in [3.05, 3.63) is 46.6 Å². The molecular formula is C14H16N4O2. The highest BCUT2D eigenvalue weighted by atomic mass is 16.5. The molecule has 2 heterocycles. The summed E-state index contributed by atoms with van der Waals surface area (Å²) in [6, 6.07) is 5.63. The van der Waals surface area contributed by atoms with E-state index in [1.54, 1.807) is 17.9 Å². The third-order valence-electron chi connectivity index (χ3n) is 3.49. The number of amides is 1. The van der Waals surface area contributed by atoms with Crippen LogP contribution in [0.2, 0.25) is 0 Å². The number of hydrogen-bond acceptors (Lipinski definition) is 4. The number of carbonyl (C=O) groups is 1. The summed E-state index contributed by atoms with van der Waals surface area (Å²) < 4.78 is 6.92. The van der Waals surface area contributed by atoms with Gasteiger partial charge in [-0.25, -0.2) is 0 Å². The van der Waals surface area contributed by atoms with Gasteiger partial charge in [-0.3, -0.25) is 9.48 Å². The van der Waals surface area contributed by atoms with Crippen molar-refractivity contribution in [2.24, 2.45) is 7.05 Å². The van der Waals surface area contributed by atoms with Crippen LogP contribution >= 0.6 is 0 Å². The molecule has 1 aromatic heterocycles. The molecule has 6 nitrogen and oxygen atoms in total. The summed E-state index contributed by atoms with van der Waals surface area (Å²) >= 11 is 0. The average Bonchev–Trinajstić information content (AvgIpc) is 3.04. The fourth-order valence-corrected chi connectivity index (χ4v) is 2.22. The van der Waals surface area contributed by atoms with Crippen molar-refractivity contribution in [3.8, 4) is 0 Å². The number of nitrogens with two attached hydrogens (primary N) is 1. The summed E-state index contributed by atoms with van der Waals surface area (Å²) in [5.74, 6) is 0.440. The van der Waals surface area contributed by atoms with E-state index in [9.17, 15) is 4.79 Å². The number of benzene rings is 1. The van der Waals surface area contributed by atoms with Crippen LogP contribution in [0.15, 0.2) is 24.4 Å². The van der Waals surface area contributed by atoms with Crippen LogP contribution in [0, 0.1) is 0 Å². The minimum Gasteiger partial charge on any atom is -0.384 e. The molecule has 0 bridgehead atoms. The standard InChI is InChI=1S/C14H16N4O2/c1-18-13(15)12(6-17-18)5-16-14(19)9-2-3-10-7-20-8-11(10)4-9/h2-4,6H,5,7-8,15H2,1H3,(H,16,19). The highest BCUT2D eigenvalue weighted by Crippen LogP contribution is 2.20. The van der Waals surface area contributed by atoms with Crippen LogP contribution in [0.25, 0.3) is 0 Å². The van der Waals surface area contributed by atoms with Gasteiger partial charge < -0.3 is 15.8 Å². The van der Waals surface area contributed by atoms with E-state index in [0.717, 1.165) is 16.7 Å². The first kappa shape index (κ1) is 12.7. The van der Waals surface area contributed by atoms with Crippen molar-refractivity contribution in [2.45, 2.75) is 19.8 Å². The Morgan fingerprint density at radius 2 is 2.25 bits per heavy atom. The number of rotatable bonds is 3. The van der Waals surface area contributed by atoms with E-state index >= 15 is 0 Å². The molecule has 1 aliphatic heterocycles. The molecule has 0 saturated carbocycles. The van der Waals surface area contributed by atoms with Gasteiger partial charge in [0.2, 0.25) is 0 Å². The topological polar surface area (TPSA) is 82.2 Å². The van der Waals surface area contributed by atoms with Gasteiger partial charge in [0.1, 0.15) is 5.82 Å². The number of aryl methyl sites for hydroxylation is 1. The third kappa shape index (κ3) is 2.25. The van der Waals surface area contributed by atoms with Gasteiger partial charge in [0.05, 0.1) is 19.4 Å². The van der Waals surface area contributed by atoms with Gasteiger partial charge in [-0.15, -0.1) is 0 Å². The van der Waals surface area contributed by atoms with Crippen LogP contribution < -0.4 is 11.1 Å². The number of fused-ring (bicyclic) bond motifs is 1. The predicted molar refractivity (Wildman–Crippen MR) is 73.7 cm³/mol. The zero-order valence-electron chi connectivity index (χ0n) is 11.2. The van der Waals surface area contributed by atoms with Gasteiger partial charge in [-0.2, -0.15) is 5.10 Å². The largest absolute Gasteiger partial charge is 0.384 e. The maximum Gasteiger partial charge on any atom is 0.251 e. The van der Waals surface area contributed by atoms with Crippen molar-refractivity contribution in [1.29, 1.82) is 0 Å². The van der Waals surface area contributed by atoms with E-state index in [-0.39, 0.29) is 5.91 Å². The Bertz CT molecular complexity index is 663. The summed E-state index contributed by atoms with van der Waals surface area (Å²) in [5, 5.41) is 6.89. The Morgan fingerprint density at radius 1 is 1.45 bits per heavy atom. The summed E-state index contributed by atoms with van der Waals surface area (Å²) in [6.07, 6.45) is 1.66. The van der Waals surface area contributed by atoms with Crippen molar-refractivity contribution in [2.75, 3.05) is 5.73 Å². The van der Waals surface area contributed by atoms with Gasteiger partial charge in [0.15, 0.2) is 0 Å². The van der Waals surface area contributed by atoms with E-state index in [4.69, 9.17) is 10.5 Å². The molecule has 1 amide bonds. The van der Waals surface area contributed by atoms with Crippen molar-refractivity contribution >= 4 is 11.7 Å². The van der Waals surface area contributed by atoms with Crippen LogP contribution in [0.5, 0.6) is 0 Å². The molecule has 6 heteroatoms. The number of carbonyl (C=O) groups excluding carboxylic acids is 1. The van der Waals surface area contributed by atoms with Crippen molar-refractivity contribution in [1.82, 2.24) is 15.1 Å². The molecule has 20 heavy (non-hydrogen) atoms. The van der Waals surface area contributed by atoms with Crippen LogP contribution in [-0.4, -0.2) is 15.7 Å². The first-order valence-corrected chi connectivity index (χ1v) is 6.39. The molecule has 1 aromatic carbocycles. The molecule has 0 radical (unpaired) electrons.